The second-order valence-corrected chi connectivity index (χ2v) is 6.23. The van der Waals surface area contributed by atoms with E-state index in [9.17, 15) is 9.90 Å². The lowest BCUT2D eigenvalue weighted by molar-refractivity contribution is 0.102. The van der Waals surface area contributed by atoms with Crippen molar-refractivity contribution in [2.45, 2.75) is 26.2 Å². The van der Waals surface area contributed by atoms with Gasteiger partial charge in [-0.15, -0.1) is 0 Å². The molecule has 2 aromatic rings. The van der Waals surface area contributed by atoms with Gasteiger partial charge in [0.25, 0.3) is 5.91 Å². The number of rotatable bonds is 2. The minimum atomic E-state index is -0.206. The van der Waals surface area contributed by atoms with Crippen LogP contribution < -0.4 is 5.32 Å². The molecule has 0 aliphatic heterocycles. The minimum absolute atomic E-state index is 0.0322. The van der Waals surface area contributed by atoms with Gasteiger partial charge in [-0.2, -0.15) is 11.3 Å². The second-order valence-electron chi connectivity index (χ2n) is 5.45. The summed E-state index contributed by atoms with van der Waals surface area (Å²) in [6.45, 7) is 6.26. The maximum Gasteiger partial charge on any atom is 0.256 e. The fourth-order valence-corrected chi connectivity index (χ4v) is 2.33. The van der Waals surface area contributed by atoms with Crippen molar-refractivity contribution >= 4 is 22.9 Å². The van der Waals surface area contributed by atoms with Crippen molar-refractivity contribution in [2.75, 3.05) is 5.32 Å². The fraction of sp³-hybridized carbons (Fsp3) is 0.267. The molecule has 0 atom stereocenters. The molecule has 4 heteroatoms. The first-order chi connectivity index (χ1) is 8.88. The zero-order chi connectivity index (χ0) is 14.0. The normalized spacial score (nSPS) is 11.3. The van der Waals surface area contributed by atoms with Crippen LogP contribution in [-0.2, 0) is 5.41 Å². The first kappa shape index (κ1) is 13.6. The number of aromatic hydroxyl groups is 1. The van der Waals surface area contributed by atoms with E-state index in [4.69, 9.17) is 0 Å². The van der Waals surface area contributed by atoms with Crippen molar-refractivity contribution in [3.05, 3.63) is 46.2 Å². The SMILES string of the molecule is CC(C)(C)c1ccc(O)c(NC(=O)c2ccsc2)c1. The van der Waals surface area contributed by atoms with E-state index in [1.165, 1.54) is 11.3 Å². The predicted octanol–water partition coefficient (Wildman–Crippen LogP) is 4.00. The molecule has 1 aromatic heterocycles. The van der Waals surface area contributed by atoms with Crippen molar-refractivity contribution in [1.82, 2.24) is 0 Å². The van der Waals surface area contributed by atoms with E-state index in [-0.39, 0.29) is 17.1 Å². The molecule has 19 heavy (non-hydrogen) atoms. The number of anilines is 1. The molecule has 100 valence electrons. The third-order valence-electron chi connectivity index (χ3n) is 2.89. The Morgan fingerprint density at radius 2 is 2.00 bits per heavy atom. The number of thiophene rings is 1. The highest BCUT2D eigenvalue weighted by molar-refractivity contribution is 7.08. The van der Waals surface area contributed by atoms with Gasteiger partial charge in [0.15, 0.2) is 0 Å². The third-order valence-corrected chi connectivity index (χ3v) is 3.58. The lowest BCUT2D eigenvalue weighted by Gasteiger charge is -2.20. The number of nitrogens with one attached hydrogen (secondary N) is 1. The molecule has 0 saturated carbocycles. The molecule has 2 N–H and O–H groups in total. The van der Waals surface area contributed by atoms with Crippen LogP contribution in [0.3, 0.4) is 0 Å². The van der Waals surface area contributed by atoms with Gasteiger partial charge in [-0.3, -0.25) is 4.79 Å². The molecule has 0 saturated heterocycles. The van der Waals surface area contributed by atoms with Gasteiger partial charge >= 0.3 is 0 Å². The topological polar surface area (TPSA) is 49.3 Å². The van der Waals surface area contributed by atoms with Gasteiger partial charge in [0.05, 0.1) is 11.3 Å². The van der Waals surface area contributed by atoms with E-state index >= 15 is 0 Å². The maximum absolute atomic E-state index is 12.0. The van der Waals surface area contributed by atoms with E-state index < -0.39 is 0 Å². The number of phenolic OH excluding ortho intramolecular Hbond substituents is 1. The van der Waals surface area contributed by atoms with Crippen molar-refractivity contribution in [2.24, 2.45) is 0 Å². The molecule has 0 aliphatic carbocycles. The van der Waals surface area contributed by atoms with Crippen LogP contribution >= 0.6 is 11.3 Å². The summed E-state index contributed by atoms with van der Waals surface area (Å²) >= 11 is 1.47. The van der Waals surface area contributed by atoms with Crippen LogP contribution in [0.25, 0.3) is 0 Å². The van der Waals surface area contributed by atoms with E-state index in [2.05, 4.69) is 26.1 Å². The van der Waals surface area contributed by atoms with Gasteiger partial charge in [0, 0.05) is 5.38 Å². The molecule has 0 unspecified atom stereocenters. The number of phenols is 1. The molecule has 0 fully saturated rings. The summed E-state index contributed by atoms with van der Waals surface area (Å²) in [4.78, 5) is 12.0. The lowest BCUT2D eigenvalue weighted by atomic mass is 9.87. The molecular formula is C15H17NO2S. The summed E-state index contributed by atoms with van der Waals surface area (Å²) < 4.78 is 0. The molecule has 0 aliphatic rings. The molecule has 1 aromatic carbocycles. The Balaban J connectivity index is 2.27. The first-order valence-electron chi connectivity index (χ1n) is 6.05. The van der Waals surface area contributed by atoms with E-state index in [1.807, 2.05) is 17.5 Å². The Labute approximate surface area is 116 Å². The number of benzene rings is 1. The van der Waals surface area contributed by atoms with Crippen LogP contribution in [-0.4, -0.2) is 11.0 Å². The van der Waals surface area contributed by atoms with Gasteiger partial charge in [-0.25, -0.2) is 0 Å². The molecular weight excluding hydrogens is 258 g/mol. The summed E-state index contributed by atoms with van der Waals surface area (Å²) in [5, 5.41) is 16.2. The molecule has 0 bridgehead atoms. The van der Waals surface area contributed by atoms with Gasteiger partial charge in [0.1, 0.15) is 5.75 Å². The molecule has 0 spiro atoms. The van der Waals surface area contributed by atoms with Crippen LogP contribution in [0.1, 0.15) is 36.7 Å². The summed E-state index contributed by atoms with van der Waals surface area (Å²) in [6, 6.07) is 7.06. The monoisotopic (exact) mass is 275 g/mol. The Hall–Kier alpha value is -1.81. The van der Waals surface area contributed by atoms with Gasteiger partial charge in [-0.1, -0.05) is 26.8 Å². The van der Waals surface area contributed by atoms with Crippen LogP contribution in [0.5, 0.6) is 5.75 Å². The van der Waals surface area contributed by atoms with E-state index in [1.54, 1.807) is 17.5 Å². The average molecular weight is 275 g/mol. The van der Waals surface area contributed by atoms with Crippen LogP contribution in [0.15, 0.2) is 35.0 Å². The number of carbonyl (C=O) groups excluding carboxylic acids is 1. The van der Waals surface area contributed by atoms with Crippen molar-refractivity contribution in [3.8, 4) is 5.75 Å². The van der Waals surface area contributed by atoms with Crippen LogP contribution in [0.4, 0.5) is 5.69 Å². The fourth-order valence-electron chi connectivity index (χ4n) is 1.69. The zero-order valence-electron chi connectivity index (χ0n) is 11.2. The number of carbonyl (C=O) groups is 1. The highest BCUT2D eigenvalue weighted by Gasteiger charge is 2.16. The Morgan fingerprint density at radius 1 is 1.26 bits per heavy atom. The van der Waals surface area contributed by atoms with E-state index in [0.717, 1.165) is 5.56 Å². The first-order valence-corrected chi connectivity index (χ1v) is 6.99. The zero-order valence-corrected chi connectivity index (χ0v) is 12.0. The largest absolute Gasteiger partial charge is 0.506 e. The van der Waals surface area contributed by atoms with E-state index in [0.29, 0.717) is 11.3 Å². The van der Waals surface area contributed by atoms with Crippen molar-refractivity contribution < 1.29 is 9.90 Å². The Kier molecular flexibility index (Phi) is 3.62. The van der Waals surface area contributed by atoms with Gasteiger partial charge in [0.2, 0.25) is 0 Å². The quantitative estimate of drug-likeness (QED) is 0.814. The van der Waals surface area contributed by atoms with Crippen molar-refractivity contribution in [1.29, 1.82) is 0 Å². The van der Waals surface area contributed by atoms with Crippen molar-refractivity contribution in [3.63, 3.8) is 0 Å². The van der Waals surface area contributed by atoms with Crippen LogP contribution in [0.2, 0.25) is 0 Å². The standard InChI is InChI=1S/C15H17NO2S/c1-15(2,3)11-4-5-13(17)12(8-11)16-14(18)10-6-7-19-9-10/h4-9,17H,1-3H3,(H,16,18). The predicted molar refractivity (Wildman–Crippen MR) is 79.1 cm³/mol. The number of hydrogen-bond donors (Lipinski definition) is 2. The van der Waals surface area contributed by atoms with Crippen LogP contribution in [0, 0.1) is 0 Å². The smallest absolute Gasteiger partial charge is 0.256 e. The molecule has 3 nitrogen and oxygen atoms in total. The Morgan fingerprint density at radius 3 is 2.58 bits per heavy atom. The maximum atomic E-state index is 12.0. The summed E-state index contributed by atoms with van der Waals surface area (Å²) in [5.74, 6) is -0.126. The summed E-state index contributed by atoms with van der Waals surface area (Å²) in [7, 11) is 0. The number of amides is 1. The molecule has 2 rings (SSSR count). The summed E-state index contributed by atoms with van der Waals surface area (Å²) in [6.07, 6.45) is 0. The summed E-state index contributed by atoms with van der Waals surface area (Å²) in [5.41, 5.74) is 2.08. The highest BCUT2D eigenvalue weighted by atomic mass is 32.1. The highest BCUT2D eigenvalue weighted by Crippen LogP contribution is 2.31. The molecule has 0 radical (unpaired) electrons. The lowest BCUT2D eigenvalue weighted by Crippen LogP contribution is -2.14. The molecule has 1 amide bonds. The minimum Gasteiger partial charge on any atom is -0.506 e. The van der Waals surface area contributed by atoms with Gasteiger partial charge < -0.3 is 10.4 Å². The van der Waals surface area contributed by atoms with Gasteiger partial charge in [-0.05, 0) is 34.6 Å². The Bertz CT molecular complexity index is 583. The molecule has 1 heterocycles. The second kappa shape index (κ2) is 5.05. The average Bonchev–Trinajstić information content (AvgIpc) is 2.84. The number of hydrogen-bond acceptors (Lipinski definition) is 3. The third kappa shape index (κ3) is 3.15.